The molecule has 100 valence electrons. The van der Waals surface area contributed by atoms with Gasteiger partial charge < -0.3 is 10.0 Å². The van der Waals surface area contributed by atoms with Crippen molar-refractivity contribution in [2.75, 3.05) is 18.5 Å². The maximum absolute atomic E-state index is 13.8. The topological polar surface area (TPSA) is 36.4 Å². The monoisotopic (exact) mass is 260 g/mol. The van der Waals surface area contributed by atoms with Gasteiger partial charge in [-0.3, -0.25) is 4.98 Å². The number of halogens is 1. The van der Waals surface area contributed by atoms with E-state index in [1.54, 1.807) is 18.3 Å². The maximum atomic E-state index is 13.8. The van der Waals surface area contributed by atoms with Crippen LogP contribution in [0.5, 0.6) is 0 Å². The molecule has 0 aliphatic rings. The van der Waals surface area contributed by atoms with Gasteiger partial charge >= 0.3 is 0 Å². The van der Waals surface area contributed by atoms with E-state index in [0.717, 1.165) is 12.1 Å². The van der Waals surface area contributed by atoms with Crippen molar-refractivity contribution in [3.8, 4) is 0 Å². The standard InChI is InChI=1S/C15H17FN2O/c1-18(9-7-13-4-2-3-8-17-13)15-6-5-12(11-19)10-14(15)16/h2-6,8,10,19H,7,9,11H2,1H3. The van der Waals surface area contributed by atoms with Gasteiger partial charge in [-0.15, -0.1) is 0 Å². The van der Waals surface area contributed by atoms with E-state index in [4.69, 9.17) is 5.11 Å². The van der Waals surface area contributed by atoms with E-state index < -0.39 is 0 Å². The van der Waals surface area contributed by atoms with Crippen molar-refractivity contribution >= 4 is 5.69 Å². The van der Waals surface area contributed by atoms with Crippen molar-refractivity contribution in [2.45, 2.75) is 13.0 Å². The van der Waals surface area contributed by atoms with Gasteiger partial charge in [0.05, 0.1) is 12.3 Å². The number of hydrogen-bond acceptors (Lipinski definition) is 3. The summed E-state index contributed by atoms with van der Waals surface area (Å²) in [6, 6.07) is 10.6. The first-order valence-corrected chi connectivity index (χ1v) is 6.21. The number of benzene rings is 1. The molecule has 0 saturated heterocycles. The minimum Gasteiger partial charge on any atom is -0.392 e. The molecular weight excluding hydrogens is 243 g/mol. The second kappa shape index (κ2) is 6.29. The zero-order chi connectivity index (χ0) is 13.7. The fourth-order valence-electron chi connectivity index (χ4n) is 1.91. The van der Waals surface area contributed by atoms with Crippen LogP contribution in [0.15, 0.2) is 42.6 Å². The van der Waals surface area contributed by atoms with Gasteiger partial charge in [0.15, 0.2) is 0 Å². The maximum Gasteiger partial charge on any atom is 0.146 e. The van der Waals surface area contributed by atoms with Crippen molar-refractivity contribution in [1.82, 2.24) is 4.98 Å². The number of anilines is 1. The molecule has 0 amide bonds. The summed E-state index contributed by atoms with van der Waals surface area (Å²) in [5.41, 5.74) is 2.11. The number of nitrogens with zero attached hydrogens (tertiary/aromatic N) is 2. The number of aliphatic hydroxyl groups excluding tert-OH is 1. The van der Waals surface area contributed by atoms with Gasteiger partial charge in [-0.1, -0.05) is 12.1 Å². The van der Waals surface area contributed by atoms with Gasteiger partial charge in [0.25, 0.3) is 0 Å². The SMILES string of the molecule is CN(CCc1ccccn1)c1ccc(CO)cc1F. The van der Waals surface area contributed by atoms with E-state index in [9.17, 15) is 4.39 Å². The van der Waals surface area contributed by atoms with Gasteiger partial charge in [-0.2, -0.15) is 0 Å². The molecule has 4 heteroatoms. The lowest BCUT2D eigenvalue weighted by atomic mass is 10.2. The summed E-state index contributed by atoms with van der Waals surface area (Å²) in [5.74, 6) is -0.310. The summed E-state index contributed by atoms with van der Waals surface area (Å²) in [7, 11) is 1.85. The Morgan fingerprint density at radius 1 is 1.26 bits per heavy atom. The molecule has 0 saturated carbocycles. The van der Waals surface area contributed by atoms with Crippen LogP contribution in [-0.2, 0) is 13.0 Å². The minimum atomic E-state index is -0.310. The molecule has 0 aliphatic heterocycles. The molecule has 0 radical (unpaired) electrons. The summed E-state index contributed by atoms with van der Waals surface area (Å²) in [4.78, 5) is 6.09. The second-order valence-corrected chi connectivity index (χ2v) is 4.44. The highest BCUT2D eigenvalue weighted by molar-refractivity contribution is 5.48. The summed E-state index contributed by atoms with van der Waals surface area (Å²) in [5, 5.41) is 8.96. The van der Waals surface area contributed by atoms with Crippen LogP contribution >= 0.6 is 0 Å². The third kappa shape index (κ3) is 3.51. The summed E-state index contributed by atoms with van der Waals surface area (Å²) < 4.78 is 13.8. The largest absolute Gasteiger partial charge is 0.392 e. The van der Waals surface area contributed by atoms with Crippen LogP contribution in [0.1, 0.15) is 11.3 Å². The van der Waals surface area contributed by atoms with Gasteiger partial charge in [0.1, 0.15) is 5.82 Å². The van der Waals surface area contributed by atoms with E-state index in [0.29, 0.717) is 17.8 Å². The molecule has 0 aliphatic carbocycles. The number of aliphatic hydroxyl groups is 1. The molecule has 0 spiro atoms. The highest BCUT2D eigenvalue weighted by Gasteiger charge is 2.08. The van der Waals surface area contributed by atoms with Crippen LogP contribution in [0.2, 0.25) is 0 Å². The molecule has 2 aromatic rings. The molecule has 1 heterocycles. The van der Waals surface area contributed by atoms with E-state index >= 15 is 0 Å². The van der Waals surface area contributed by atoms with Crippen LogP contribution in [-0.4, -0.2) is 23.7 Å². The van der Waals surface area contributed by atoms with Crippen molar-refractivity contribution in [3.63, 3.8) is 0 Å². The van der Waals surface area contributed by atoms with Gasteiger partial charge in [-0.05, 0) is 29.8 Å². The highest BCUT2D eigenvalue weighted by Crippen LogP contribution is 2.19. The molecular formula is C15H17FN2O. The Hall–Kier alpha value is -1.94. The second-order valence-electron chi connectivity index (χ2n) is 4.44. The quantitative estimate of drug-likeness (QED) is 0.896. The van der Waals surface area contributed by atoms with Crippen LogP contribution in [0.25, 0.3) is 0 Å². The Kier molecular flexibility index (Phi) is 4.47. The predicted octanol–water partition coefficient (Wildman–Crippen LogP) is 2.39. The van der Waals surface area contributed by atoms with Crippen LogP contribution < -0.4 is 4.90 Å². The summed E-state index contributed by atoms with van der Waals surface area (Å²) in [6.07, 6.45) is 2.52. The molecule has 0 unspecified atom stereocenters. The minimum absolute atomic E-state index is 0.144. The highest BCUT2D eigenvalue weighted by atomic mass is 19.1. The molecule has 1 N–H and O–H groups in total. The molecule has 19 heavy (non-hydrogen) atoms. The lowest BCUT2D eigenvalue weighted by Crippen LogP contribution is -2.21. The zero-order valence-electron chi connectivity index (χ0n) is 10.9. The zero-order valence-corrected chi connectivity index (χ0v) is 10.9. The van der Waals surface area contributed by atoms with Crippen molar-refractivity contribution < 1.29 is 9.50 Å². The first-order valence-electron chi connectivity index (χ1n) is 6.21. The molecule has 1 aromatic heterocycles. The predicted molar refractivity (Wildman–Crippen MR) is 73.5 cm³/mol. The van der Waals surface area contributed by atoms with E-state index in [1.807, 2.05) is 30.1 Å². The lowest BCUT2D eigenvalue weighted by molar-refractivity contribution is 0.281. The number of likely N-dealkylation sites (N-methyl/N-ethyl adjacent to an activating group) is 1. The number of rotatable bonds is 5. The third-order valence-corrected chi connectivity index (χ3v) is 3.04. The van der Waals surface area contributed by atoms with Gasteiger partial charge in [-0.25, -0.2) is 4.39 Å². The molecule has 0 fully saturated rings. The number of pyridine rings is 1. The van der Waals surface area contributed by atoms with E-state index in [2.05, 4.69) is 4.98 Å². The number of hydrogen-bond donors (Lipinski definition) is 1. The first kappa shape index (κ1) is 13.5. The lowest BCUT2D eigenvalue weighted by Gasteiger charge is -2.20. The fourth-order valence-corrected chi connectivity index (χ4v) is 1.91. The van der Waals surface area contributed by atoms with Crippen molar-refractivity contribution in [1.29, 1.82) is 0 Å². The van der Waals surface area contributed by atoms with Crippen LogP contribution in [0, 0.1) is 5.82 Å². The molecule has 0 atom stereocenters. The first-order chi connectivity index (χ1) is 9.20. The Morgan fingerprint density at radius 2 is 2.11 bits per heavy atom. The third-order valence-electron chi connectivity index (χ3n) is 3.04. The average molecular weight is 260 g/mol. The van der Waals surface area contributed by atoms with Crippen molar-refractivity contribution in [3.05, 3.63) is 59.7 Å². The van der Waals surface area contributed by atoms with E-state index in [-0.39, 0.29) is 12.4 Å². The Bertz CT molecular complexity index is 531. The Balaban J connectivity index is 2.02. The summed E-state index contributed by atoms with van der Waals surface area (Å²) >= 11 is 0. The van der Waals surface area contributed by atoms with Crippen LogP contribution in [0.4, 0.5) is 10.1 Å². The van der Waals surface area contributed by atoms with Gasteiger partial charge in [0, 0.05) is 31.9 Å². The molecule has 0 bridgehead atoms. The Labute approximate surface area is 112 Å². The average Bonchev–Trinajstić information content (AvgIpc) is 2.45. The molecule has 2 rings (SSSR count). The summed E-state index contributed by atoms with van der Waals surface area (Å²) in [6.45, 7) is 0.543. The van der Waals surface area contributed by atoms with E-state index in [1.165, 1.54) is 6.07 Å². The molecule has 1 aromatic carbocycles. The van der Waals surface area contributed by atoms with Crippen LogP contribution in [0.3, 0.4) is 0 Å². The number of aromatic nitrogens is 1. The van der Waals surface area contributed by atoms with Crippen molar-refractivity contribution in [2.24, 2.45) is 0 Å². The smallest absolute Gasteiger partial charge is 0.146 e. The van der Waals surface area contributed by atoms with Gasteiger partial charge in [0.2, 0.25) is 0 Å². The Morgan fingerprint density at radius 3 is 2.74 bits per heavy atom. The normalized spacial score (nSPS) is 10.5. The fraction of sp³-hybridized carbons (Fsp3) is 0.267. The molecule has 3 nitrogen and oxygen atoms in total.